The van der Waals surface area contributed by atoms with E-state index in [1.165, 1.54) is 5.56 Å². The Morgan fingerprint density at radius 1 is 1.42 bits per heavy atom. The molecule has 1 N–H and O–H groups in total. The van der Waals surface area contributed by atoms with Crippen molar-refractivity contribution in [2.24, 2.45) is 0 Å². The minimum Gasteiger partial charge on any atom is -0.495 e. The van der Waals surface area contributed by atoms with Gasteiger partial charge in [-0.1, -0.05) is 0 Å². The largest absolute Gasteiger partial charge is 0.495 e. The Morgan fingerprint density at radius 2 is 2.08 bits per heavy atom. The van der Waals surface area contributed by atoms with Gasteiger partial charge in [-0.25, -0.2) is 0 Å². The third-order valence-electron chi connectivity index (χ3n) is 1.73. The van der Waals surface area contributed by atoms with Gasteiger partial charge >= 0.3 is 0 Å². The quantitative estimate of drug-likeness (QED) is 0.843. The fraction of sp³-hybridized carbons (Fsp3) is 0.333. The molecule has 66 valence electrons. The van der Waals surface area contributed by atoms with Crippen LogP contribution in [0.25, 0.3) is 0 Å². The monoisotopic (exact) mass is 229 g/mol. The van der Waals surface area contributed by atoms with Crippen LogP contribution in [0.15, 0.2) is 16.6 Å². The molecule has 1 aromatic rings. The van der Waals surface area contributed by atoms with Crippen LogP contribution < -0.4 is 10.1 Å². The van der Waals surface area contributed by atoms with Gasteiger partial charge in [0.25, 0.3) is 0 Å². The van der Waals surface area contributed by atoms with Crippen LogP contribution in [0.3, 0.4) is 0 Å². The van der Waals surface area contributed by atoms with E-state index in [4.69, 9.17) is 4.74 Å². The zero-order chi connectivity index (χ0) is 9.14. The molecule has 0 amide bonds. The number of ether oxygens (including phenoxy) is 1. The first kappa shape index (κ1) is 9.39. The summed E-state index contributed by atoms with van der Waals surface area (Å²) in [4.78, 5) is 0. The van der Waals surface area contributed by atoms with E-state index in [9.17, 15) is 0 Å². The molecule has 0 unspecified atom stereocenters. The maximum absolute atomic E-state index is 5.18. The average Bonchev–Trinajstić information content (AvgIpc) is 2.09. The number of methoxy groups -OCH3 is 1. The highest BCUT2D eigenvalue weighted by Crippen LogP contribution is 2.31. The van der Waals surface area contributed by atoms with Crippen LogP contribution in [0, 0.1) is 6.92 Å². The summed E-state index contributed by atoms with van der Waals surface area (Å²) in [7, 11) is 3.56. The van der Waals surface area contributed by atoms with Gasteiger partial charge in [0.05, 0.1) is 11.6 Å². The number of benzene rings is 1. The molecule has 0 fully saturated rings. The standard InChI is InChI=1S/C9H12BrNO/c1-6-4-7(11-2)5-8(12-3)9(6)10/h4-5,11H,1-3H3. The summed E-state index contributed by atoms with van der Waals surface area (Å²) in [5.74, 6) is 0.861. The number of anilines is 1. The molecule has 0 radical (unpaired) electrons. The first-order chi connectivity index (χ1) is 5.69. The van der Waals surface area contributed by atoms with Crippen molar-refractivity contribution in [3.05, 3.63) is 22.2 Å². The van der Waals surface area contributed by atoms with E-state index >= 15 is 0 Å². The molecule has 0 heterocycles. The summed E-state index contributed by atoms with van der Waals surface area (Å²) >= 11 is 3.45. The number of halogens is 1. The second-order valence-corrected chi connectivity index (χ2v) is 3.35. The van der Waals surface area contributed by atoms with Crippen molar-refractivity contribution in [1.82, 2.24) is 0 Å². The molecule has 0 atom stereocenters. The van der Waals surface area contributed by atoms with E-state index in [1.54, 1.807) is 7.11 Å². The maximum atomic E-state index is 5.18. The highest BCUT2D eigenvalue weighted by Gasteiger charge is 2.04. The van der Waals surface area contributed by atoms with Crippen molar-refractivity contribution < 1.29 is 4.74 Å². The van der Waals surface area contributed by atoms with Crippen LogP contribution in [0.5, 0.6) is 5.75 Å². The van der Waals surface area contributed by atoms with Gasteiger partial charge in [0.1, 0.15) is 5.75 Å². The van der Waals surface area contributed by atoms with Crippen molar-refractivity contribution in [3.8, 4) is 5.75 Å². The predicted octanol–water partition coefficient (Wildman–Crippen LogP) is 2.81. The van der Waals surface area contributed by atoms with Gasteiger partial charge in [-0.2, -0.15) is 0 Å². The molecule has 0 saturated carbocycles. The third-order valence-corrected chi connectivity index (χ3v) is 2.75. The van der Waals surface area contributed by atoms with Gasteiger partial charge in [0, 0.05) is 18.8 Å². The predicted molar refractivity (Wildman–Crippen MR) is 55.0 cm³/mol. The van der Waals surface area contributed by atoms with Gasteiger partial charge in [-0.05, 0) is 34.5 Å². The molecule has 0 spiro atoms. The highest BCUT2D eigenvalue weighted by atomic mass is 79.9. The topological polar surface area (TPSA) is 21.3 Å². The molecule has 1 aromatic carbocycles. The molecule has 0 aliphatic heterocycles. The second kappa shape index (κ2) is 3.81. The minimum atomic E-state index is 0.861. The normalized spacial score (nSPS) is 9.67. The van der Waals surface area contributed by atoms with Crippen molar-refractivity contribution in [3.63, 3.8) is 0 Å². The highest BCUT2D eigenvalue weighted by molar-refractivity contribution is 9.10. The molecule has 0 aromatic heterocycles. The number of rotatable bonds is 2. The Labute approximate surface area is 81.1 Å². The van der Waals surface area contributed by atoms with Crippen LogP contribution in [0.4, 0.5) is 5.69 Å². The number of nitrogens with one attached hydrogen (secondary N) is 1. The fourth-order valence-corrected chi connectivity index (χ4v) is 1.42. The van der Waals surface area contributed by atoms with E-state index < -0.39 is 0 Å². The molecule has 0 aliphatic rings. The molecule has 3 heteroatoms. The summed E-state index contributed by atoms with van der Waals surface area (Å²) in [6.07, 6.45) is 0. The lowest BCUT2D eigenvalue weighted by atomic mass is 10.2. The fourth-order valence-electron chi connectivity index (χ4n) is 1.03. The van der Waals surface area contributed by atoms with Crippen LogP contribution >= 0.6 is 15.9 Å². The van der Waals surface area contributed by atoms with E-state index in [0.717, 1.165) is 15.9 Å². The summed E-state index contributed by atoms with van der Waals surface area (Å²) < 4.78 is 6.20. The minimum absolute atomic E-state index is 0.861. The van der Waals surface area contributed by atoms with Crippen LogP contribution in [0.2, 0.25) is 0 Å². The number of hydrogen-bond acceptors (Lipinski definition) is 2. The van der Waals surface area contributed by atoms with Gasteiger partial charge in [0.2, 0.25) is 0 Å². The molecular weight excluding hydrogens is 218 g/mol. The van der Waals surface area contributed by atoms with E-state index in [2.05, 4.69) is 27.3 Å². The first-order valence-corrected chi connectivity index (χ1v) is 4.50. The summed E-state index contributed by atoms with van der Waals surface area (Å²) in [6, 6.07) is 4.02. The molecule has 0 aliphatic carbocycles. The lowest BCUT2D eigenvalue weighted by Crippen LogP contribution is -1.92. The van der Waals surface area contributed by atoms with Crippen molar-refractivity contribution in [2.45, 2.75) is 6.92 Å². The van der Waals surface area contributed by atoms with E-state index in [1.807, 2.05) is 20.0 Å². The van der Waals surface area contributed by atoms with Crippen LogP contribution in [-0.2, 0) is 0 Å². The summed E-state index contributed by atoms with van der Waals surface area (Å²) in [6.45, 7) is 2.04. The second-order valence-electron chi connectivity index (χ2n) is 2.56. The van der Waals surface area contributed by atoms with E-state index in [-0.39, 0.29) is 0 Å². The van der Waals surface area contributed by atoms with Crippen LogP contribution in [0.1, 0.15) is 5.56 Å². The number of aryl methyl sites for hydroxylation is 1. The van der Waals surface area contributed by atoms with E-state index in [0.29, 0.717) is 0 Å². The average molecular weight is 230 g/mol. The molecular formula is C9H12BrNO. The Kier molecular flexibility index (Phi) is 2.98. The Hall–Kier alpha value is -0.700. The Balaban J connectivity index is 3.19. The third kappa shape index (κ3) is 1.72. The van der Waals surface area contributed by atoms with Crippen molar-refractivity contribution in [2.75, 3.05) is 19.5 Å². The lowest BCUT2D eigenvalue weighted by molar-refractivity contribution is 0.412. The Morgan fingerprint density at radius 3 is 2.58 bits per heavy atom. The molecule has 12 heavy (non-hydrogen) atoms. The smallest absolute Gasteiger partial charge is 0.135 e. The van der Waals surface area contributed by atoms with Crippen molar-refractivity contribution >= 4 is 21.6 Å². The zero-order valence-corrected chi connectivity index (χ0v) is 9.03. The zero-order valence-electron chi connectivity index (χ0n) is 7.44. The number of hydrogen-bond donors (Lipinski definition) is 1. The summed E-state index contributed by atoms with van der Waals surface area (Å²) in [5, 5.41) is 3.07. The molecule has 1 rings (SSSR count). The molecule has 0 bridgehead atoms. The van der Waals surface area contributed by atoms with Gasteiger partial charge in [0.15, 0.2) is 0 Å². The van der Waals surface area contributed by atoms with Gasteiger partial charge in [-0.15, -0.1) is 0 Å². The molecule has 2 nitrogen and oxygen atoms in total. The van der Waals surface area contributed by atoms with Crippen LogP contribution in [-0.4, -0.2) is 14.2 Å². The first-order valence-electron chi connectivity index (χ1n) is 3.71. The molecule has 0 saturated heterocycles. The summed E-state index contributed by atoms with van der Waals surface area (Å²) in [5.41, 5.74) is 2.23. The maximum Gasteiger partial charge on any atom is 0.135 e. The lowest BCUT2D eigenvalue weighted by Gasteiger charge is -2.08. The van der Waals surface area contributed by atoms with Crippen molar-refractivity contribution in [1.29, 1.82) is 0 Å². The SMILES string of the molecule is CNc1cc(C)c(Br)c(OC)c1. The Bertz CT molecular complexity index is 286. The van der Waals surface area contributed by atoms with Gasteiger partial charge < -0.3 is 10.1 Å². The van der Waals surface area contributed by atoms with Gasteiger partial charge in [-0.3, -0.25) is 0 Å².